The molecule has 34 heavy (non-hydrogen) atoms. The molecule has 0 atom stereocenters. The fourth-order valence-electron chi connectivity index (χ4n) is 3.86. The highest BCUT2D eigenvalue weighted by molar-refractivity contribution is 7.81. The lowest BCUT2D eigenvalue weighted by Crippen LogP contribution is -2.36. The maximum absolute atomic E-state index is 14.5. The first-order valence-electron chi connectivity index (χ1n) is 10.4. The molecule has 3 aromatic carbocycles. The van der Waals surface area contributed by atoms with E-state index in [4.69, 9.17) is 4.74 Å². The van der Waals surface area contributed by atoms with Crippen LogP contribution in [-0.2, 0) is 18.9 Å². The number of hydrogen-bond donors (Lipinski definition) is 1. The van der Waals surface area contributed by atoms with Gasteiger partial charge in [-0.1, -0.05) is 60.7 Å². The topological polar surface area (TPSA) is 116 Å². The van der Waals surface area contributed by atoms with Crippen LogP contribution in [0.1, 0.15) is 12.8 Å². The minimum Gasteiger partial charge on any atom is -0.455 e. The third-order valence-electron chi connectivity index (χ3n) is 5.72. The van der Waals surface area contributed by atoms with E-state index in [1.807, 2.05) is 0 Å². The molecule has 0 spiro atoms. The van der Waals surface area contributed by atoms with Crippen LogP contribution < -0.4 is 15.9 Å². The standard InChI is InChI=1S/C24H20FN2O6P/c25-20-12-11-17(27(30)31)15-21(20)26-22(28)16-33-23(29)24(13-14-24)34(32,18-7-3-1-4-8-18)19-9-5-2-6-10-19/h1-12,15H,13-14,16H2,(H,26,28). The van der Waals surface area contributed by atoms with Crippen molar-refractivity contribution in [1.29, 1.82) is 0 Å². The third kappa shape index (κ3) is 4.22. The molecule has 4 rings (SSSR count). The lowest BCUT2D eigenvalue weighted by molar-refractivity contribution is -0.384. The van der Waals surface area contributed by atoms with Crippen LogP contribution in [0, 0.1) is 15.9 Å². The van der Waals surface area contributed by atoms with Crippen LogP contribution in [0.2, 0.25) is 0 Å². The van der Waals surface area contributed by atoms with Crippen LogP contribution in [0.4, 0.5) is 15.8 Å². The van der Waals surface area contributed by atoms with Gasteiger partial charge in [0.1, 0.15) is 11.0 Å². The Kier molecular flexibility index (Phi) is 6.30. The van der Waals surface area contributed by atoms with Gasteiger partial charge in [-0.3, -0.25) is 19.7 Å². The largest absolute Gasteiger partial charge is 0.455 e. The number of rotatable bonds is 8. The van der Waals surface area contributed by atoms with Crippen LogP contribution in [0.15, 0.2) is 78.9 Å². The van der Waals surface area contributed by atoms with Gasteiger partial charge in [0.05, 0.1) is 10.6 Å². The Bertz CT molecular complexity index is 1250. The van der Waals surface area contributed by atoms with Crippen molar-refractivity contribution in [2.45, 2.75) is 18.0 Å². The molecule has 8 nitrogen and oxygen atoms in total. The molecule has 174 valence electrons. The molecule has 0 radical (unpaired) electrons. The molecular weight excluding hydrogens is 462 g/mol. The van der Waals surface area contributed by atoms with E-state index in [2.05, 4.69) is 5.32 Å². The average molecular weight is 482 g/mol. The molecule has 0 heterocycles. The Morgan fingerprint density at radius 3 is 2.06 bits per heavy atom. The molecule has 3 aromatic rings. The minimum absolute atomic E-state index is 0.327. The highest BCUT2D eigenvalue weighted by atomic mass is 31.2. The maximum atomic E-state index is 14.5. The number of amides is 1. The minimum atomic E-state index is -3.47. The van der Waals surface area contributed by atoms with Gasteiger partial charge < -0.3 is 14.6 Å². The number of benzene rings is 3. The monoisotopic (exact) mass is 482 g/mol. The predicted octanol–water partition coefficient (Wildman–Crippen LogP) is 3.76. The number of nitrogens with zero attached hydrogens (tertiary/aromatic N) is 1. The van der Waals surface area contributed by atoms with Crippen LogP contribution in [0.25, 0.3) is 0 Å². The second-order valence-electron chi connectivity index (χ2n) is 7.86. The van der Waals surface area contributed by atoms with E-state index >= 15 is 0 Å². The number of carbonyl (C=O) groups is 2. The fourth-order valence-corrected chi connectivity index (χ4v) is 7.39. The van der Waals surface area contributed by atoms with Gasteiger partial charge in [0.2, 0.25) is 0 Å². The van der Waals surface area contributed by atoms with Crippen molar-refractivity contribution in [3.63, 3.8) is 0 Å². The zero-order chi connectivity index (χ0) is 24.3. The lowest BCUT2D eigenvalue weighted by Gasteiger charge is -2.27. The summed E-state index contributed by atoms with van der Waals surface area (Å²) < 4.78 is 33.7. The quantitative estimate of drug-likeness (QED) is 0.226. The van der Waals surface area contributed by atoms with Crippen LogP contribution in [-0.4, -0.2) is 28.6 Å². The summed E-state index contributed by atoms with van der Waals surface area (Å²) in [4.78, 5) is 35.6. The molecule has 10 heteroatoms. The van der Waals surface area contributed by atoms with Gasteiger partial charge in [-0.05, 0) is 18.9 Å². The van der Waals surface area contributed by atoms with Crippen molar-refractivity contribution in [3.05, 3.63) is 94.8 Å². The second-order valence-corrected chi connectivity index (χ2v) is 11.0. The summed E-state index contributed by atoms with van der Waals surface area (Å²) in [5, 5.41) is 12.8. The number of ether oxygens (including phenoxy) is 1. The summed E-state index contributed by atoms with van der Waals surface area (Å²) >= 11 is 0. The number of nitro groups is 1. The number of nitrogens with one attached hydrogen (secondary N) is 1. The fraction of sp³-hybridized carbons (Fsp3) is 0.167. The summed E-state index contributed by atoms with van der Waals surface area (Å²) in [5.41, 5.74) is -0.812. The van der Waals surface area contributed by atoms with Crippen molar-refractivity contribution >= 4 is 41.0 Å². The first kappa shape index (κ1) is 23.3. The Labute approximate surface area is 194 Å². The van der Waals surface area contributed by atoms with Gasteiger partial charge in [0.15, 0.2) is 13.7 Å². The third-order valence-corrected chi connectivity index (χ3v) is 9.60. The molecule has 1 saturated carbocycles. The predicted molar refractivity (Wildman–Crippen MR) is 124 cm³/mol. The van der Waals surface area contributed by atoms with E-state index in [-0.39, 0.29) is 0 Å². The van der Waals surface area contributed by atoms with Gasteiger partial charge in [-0.2, -0.15) is 0 Å². The maximum Gasteiger partial charge on any atom is 0.320 e. The van der Waals surface area contributed by atoms with E-state index in [1.54, 1.807) is 60.7 Å². The smallest absolute Gasteiger partial charge is 0.320 e. The molecule has 1 fully saturated rings. The van der Waals surface area contributed by atoms with Crippen molar-refractivity contribution in [2.24, 2.45) is 0 Å². The number of carbonyl (C=O) groups excluding carboxylic acids is 2. The van der Waals surface area contributed by atoms with E-state index in [9.17, 15) is 28.7 Å². The zero-order valence-electron chi connectivity index (χ0n) is 17.8. The molecule has 1 aliphatic carbocycles. The van der Waals surface area contributed by atoms with Crippen molar-refractivity contribution in [1.82, 2.24) is 0 Å². The first-order chi connectivity index (χ1) is 16.3. The Morgan fingerprint density at radius 1 is 1.00 bits per heavy atom. The number of halogens is 1. The molecule has 0 aromatic heterocycles. The van der Waals surface area contributed by atoms with Gasteiger partial charge in [0.25, 0.3) is 11.6 Å². The molecular formula is C24H20FN2O6P. The average Bonchev–Trinajstić information content (AvgIpc) is 3.67. The molecule has 0 bridgehead atoms. The number of non-ortho nitro benzene ring substituents is 1. The van der Waals surface area contributed by atoms with E-state index in [0.29, 0.717) is 23.5 Å². The van der Waals surface area contributed by atoms with E-state index in [1.165, 1.54) is 0 Å². The molecule has 1 aliphatic rings. The van der Waals surface area contributed by atoms with Crippen LogP contribution in [0.3, 0.4) is 0 Å². The zero-order valence-corrected chi connectivity index (χ0v) is 18.7. The van der Waals surface area contributed by atoms with Crippen molar-refractivity contribution in [3.8, 4) is 0 Å². The van der Waals surface area contributed by atoms with Crippen LogP contribution in [0.5, 0.6) is 0 Å². The first-order valence-corrected chi connectivity index (χ1v) is 12.1. The number of esters is 1. The summed E-state index contributed by atoms with van der Waals surface area (Å²) in [6, 6.07) is 20.1. The summed E-state index contributed by atoms with van der Waals surface area (Å²) in [6.45, 7) is -0.758. The van der Waals surface area contributed by atoms with Gasteiger partial charge in [-0.25, -0.2) is 4.39 Å². The highest BCUT2D eigenvalue weighted by Crippen LogP contribution is 2.68. The number of hydrogen-bond acceptors (Lipinski definition) is 6. The second kappa shape index (κ2) is 9.19. The summed E-state index contributed by atoms with van der Waals surface area (Å²) in [6.07, 6.45) is 0.655. The lowest BCUT2D eigenvalue weighted by atomic mass is 10.2. The normalized spacial score (nSPS) is 14.1. The highest BCUT2D eigenvalue weighted by Gasteiger charge is 2.65. The Morgan fingerprint density at radius 2 is 1.56 bits per heavy atom. The molecule has 1 amide bonds. The van der Waals surface area contributed by atoms with Crippen LogP contribution >= 0.6 is 7.14 Å². The van der Waals surface area contributed by atoms with Gasteiger partial charge in [0, 0.05) is 22.7 Å². The number of anilines is 1. The van der Waals surface area contributed by atoms with Crippen molar-refractivity contribution in [2.75, 3.05) is 11.9 Å². The van der Waals surface area contributed by atoms with Gasteiger partial charge in [-0.15, -0.1) is 0 Å². The Balaban J connectivity index is 1.54. The van der Waals surface area contributed by atoms with E-state index < -0.39 is 52.9 Å². The molecule has 0 aliphatic heterocycles. The van der Waals surface area contributed by atoms with E-state index in [0.717, 1.165) is 18.2 Å². The molecule has 0 saturated heterocycles. The number of nitro benzene ring substituents is 1. The Hall–Kier alpha value is -3.84. The molecule has 1 N–H and O–H groups in total. The SMILES string of the molecule is O=C(COC(=O)C1(P(=O)(c2ccccc2)c2ccccc2)CC1)Nc1cc([N+](=O)[O-])ccc1F. The summed E-state index contributed by atoms with van der Waals surface area (Å²) in [7, 11) is -3.47. The van der Waals surface area contributed by atoms with Crippen molar-refractivity contribution < 1.29 is 28.2 Å². The molecule has 0 unspecified atom stereocenters. The van der Waals surface area contributed by atoms with Gasteiger partial charge >= 0.3 is 5.97 Å². The summed E-state index contributed by atoms with van der Waals surface area (Å²) in [5.74, 6) is -2.53.